The van der Waals surface area contributed by atoms with Gasteiger partial charge in [0.15, 0.2) is 6.29 Å². The van der Waals surface area contributed by atoms with Gasteiger partial charge in [-0.2, -0.15) is 0 Å². The Labute approximate surface area is 369 Å². The van der Waals surface area contributed by atoms with E-state index >= 15 is 0 Å². The highest BCUT2D eigenvalue weighted by atomic mass is 16.7. The Morgan fingerprint density at radius 3 is 1.30 bits per heavy atom. The molecule has 0 aromatic heterocycles. The monoisotopic (exact) mass is 854 g/mol. The average molecular weight is 854 g/mol. The van der Waals surface area contributed by atoms with E-state index in [0.29, 0.717) is 6.42 Å². The van der Waals surface area contributed by atoms with Crippen LogP contribution in [0.1, 0.15) is 251 Å². The van der Waals surface area contributed by atoms with Crippen molar-refractivity contribution in [2.24, 2.45) is 0 Å². The molecular formula is C51H99NO8. The predicted octanol–water partition coefficient (Wildman–Crippen LogP) is 11.7. The molecule has 7 unspecified atom stereocenters. The molecule has 1 aliphatic heterocycles. The van der Waals surface area contributed by atoms with Crippen LogP contribution in [0.4, 0.5) is 0 Å². The first-order valence-corrected chi connectivity index (χ1v) is 25.9. The zero-order valence-electron chi connectivity index (χ0n) is 39.2. The summed E-state index contributed by atoms with van der Waals surface area (Å²) in [5.41, 5.74) is 0. The normalized spacial score (nSPS) is 20.6. The number of unbranched alkanes of at least 4 members (excludes halogenated alkanes) is 34. The summed E-state index contributed by atoms with van der Waals surface area (Å²) in [4.78, 5) is 12.9. The van der Waals surface area contributed by atoms with Crippen molar-refractivity contribution in [3.63, 3.8) is 0 Å². The van der Waals surface area contributed by atoms with Crippen molar-refractivity contribution in [3.05, 3.63) is 12.2 Å². The molecule has 1 amide bonds. The molecular weight excluding hydrogens is 755 g/mol. The van der Waals surface area contributed by atoms with E-state index in [-0.39, 0.29) is 12.5 Å². The van der Waals surface area contributed by atoms with E-state index in [9.17, 15) is 30.3 Å². The summed E-state index contributed by atoms with van der Waals surface area (Å²) in [6, 6.07) is -0.798. The van der Waals surface area contributed by atoms with Crippen molar-refractivity contribution in [3.8, 4) is 0 Å². The highest BCUT2D eigenvalue weighted by molar-refractivity contribution is 5.76. The van der Waals surface area contributed by atoms with Gasteiger partial charge in [0, 0.05) is 6.42 Å². The minimum absolute atomic E-state index is 0.176. The molecule has 0 bridgehead atoms. The lowest BCUT2D eigenvalue weighted by Gasteiger charge is -2.40. The molecule has 0 saturated carbocycles. The average Bonchev–Trinajstić information content (AvgIpc) is 3.25. The summed E-state index contributed by atoms with van der Waals surface area (Å²) in [5, 5.41) is 54.2. The second kappa shape index (κ2) is 41.9. The summed E-state index contributed by atoms with van der Waals surface area (Å²) in [7, 11) is 0. The maximum absolute atomic E-state index is 12.9. The maximum Gasteiger partial charge on any atom is 0.220 e. The summed E-state index contributed by atoms with van der Waals surface area (Å²) in [6.45, 7) is 3.78. The van der Waals surface area contributed by atoms with Crippen molar-refractivity contribution in [1.29, 1.82) is 0 Å². The van der Waals surface area contributed by atoms with Crippen LogP contribution in [0, 0.1) is 0 Å². The minimum atomic E-state index is -1.56. The SMILES string of the molecule is CCCCCCCCCCCCCCCCCCCCCCCCCCC/C=C/C(O)C(COC1OC(CO)C(O)C(O)C1O)NC(=O)CCCCCCCCCCCC. The van der Waals surface area contributed by atoms with Gasteiger partial charge >= 0.3 is 0 Å². The van der Waals surface area contributed by atoms with Gasteiger partial charge in [-0.1, -0.05) is 238 Å². The number of ether oxygens (including phenoxy) is 2. The molecule has 0 aromatic rings. The summed E-state index contributed by atoms with van der Waals surface area (Å²) in [6.07, 6.45) is 42.9. The van der Waals surface area contributed by atoms with E-state index in [1.807, 2.05) is 6.08 Å². The molecule has 1 aliphatic rings. The van der Waals surface area contributed by atoms with Crippen LogP contribution in [0.2, 0.25) is 0 Å². The van der Waals surface area contributed by atoms with E-state index in [0.717, 1.165) is 38.5 Å². The van der Waals surface area contributed by atoms with Gasteiger partial charge in [-0.25, -0.2) is 0 Å². The zero-order valence-corrected chi connectivity index (χ0v) is 39.2. The number of hydrogen-bond acceptors (Lipinski definition) is 8. The van der Waals surface area contributed by atoms with Crippen molar-refractivity contribution >= 4 is 5.91 Å². The van der Waals surface area contributed by atoms with E-state index in [1.165, 1.54) is 193 Å². The minimum Gasteiger partial charge on any atom is -0.394 e. The van der Waals surface area contributed by atoms with Crippen LogP contribution < -0.4 is 5.32 Å². The van der Waals surface area contributed by atoms with Crippen molar-refractivity contribution in [2.75, 3.05) is 13.2 Å². The quantitative estimate of drug-likeness (QED) is 0.0262. The number of allylic oxidation sites excluding steroid dienone is 1. The van der Waals surface area contributed by atoms with Crippen LogP contribution in [-0.4, -0.2) is 87.5 Å². The topological polar surface area (TPSA) is 149 Å². The Hall–Kier alpha value is -1.07. The Morgan fingerprint density at radius 1 is 0.550 bits per heavy atom. The smallest absolute Gasteiger partial charge is 0.220 e. The van der Waals surface area contributed by atoms with Gasteiger partial charge in [0.1, 0.15) is 24.4 Å². The summed E-state index contributed by atoms with van der Waals surface area (Å²) >= 11 is 0. The van der Waals surface area contributed by atoms with Gasteiger partial charge < -0.3 is 40.3 Å². The second-order valence-corrected chi connectivity index (χ2v) is 18.3. The van der Waals surface area contributed by atoms with Crippen molar-refractivity contribution in [1.82, 2.24) is 5.32 Å². The molecule has 9 heteroatoms. The van der Waals surface area contributed by atoms with Crippen LogP contribution in [0.5, 0.6) is 0 Å². The van der Waals surface area contributed by atoms with Crippen molar-refractivity contribution < 1.29 is 39.8 Å². The van der Waals surface area contributed by atoms with Gasteiger partial charge in [0.05, 0.1) is 25.4 Å². The van der Waals surface area contributed by atoms with E-state index in [4.69, 9.17) is 9.47 Å². The third-order valence-electron chi connectivity index (χ3n) is 12.6. The molecule has 0 aliphatic carbocycles. The molecule has 1 fully saturated rings. The van der Waals surface area contributed by atoms with Crippen molar-refractivity contribution in [2.45, 2.75) is 294 Å². The molecule has 1 rings (SSSR count). The highest BCUT2D eigenvalue weighted by Gasteiger charge is 2.44. The molecule has 0 radical (unpaired) electrons. The first-order chi connectivity index (χ1) is 29.3. The summed E-state index contributed by atoms with van der Waals surface area (Å²) < 4.78 is 11.2. The van der Waals surface area contributed by atoms with E-state index < -0.39 is 49.5 Å². The van der Waals surface area contributed by atoms with Crippen LogP contribution in [0.15, 0.2) is 12.2 Å². The maximum atomic E-state index is 12.9. The van der Waals surface area contributed by atoms with Gasteiger partial charge in [-0.15, -0.1) is 0 Å². The fourth-order valence-corrected chi connectivity index (χ4v) is 8.45. The van der Waals surface area contributed by atoms with Crippen LogP contribution in [0.3, 0.4) is 0 Å². The first-order valence-electron chi connectivity index (χ1n) is 25.9. The van der Waals surface area contributed by atoms with Crippen LogP contribution >= 0.6 is 0 Å². The number of amides is 1. The fraction of sp³-hybridized carbons (Fsp3) is 0.941. The lowest BCUT2D eigenvalue weighted by atomic mass is 9.99. The van der Waals surface area contributed by atoms with Crippen LogP contribution in [-0.2, 0) is 14.3 Å². The number of nitrogens with one attached hydrogen (secondary N) is 1. The Kier molecular flexibility index (Phi) is 39.8. The van der Waals surface area contributed by atoms with Crippen LogP contribution in [0.25, 0.3) is 0 Å². The highest BCUT2D eigenvalue weighted by Crippen LogP contribution is 2.23. The number of carbonyl (C=O) groups is 1. The number of hydrogen-bond donors (Lipinski definition) is 6. The number of rotatable bonds is 44. The molecule has 6 N–H and O–H groups in total. The van der Waals surface area contributed by atoms with Gasteiger partial charge in [0.2, 0.25) is 5.91 Å². The molecule has 7 atom stereocenters. The molecule has 1 saturated heterocycles. The third kappa shape index (κ3) is 31.7. The molecule has 9 nitrogen and oxygen atoms in total. The standard InChI is InChI=1S/C51H99NO8/c1-3-5-7-9-11-13-15-16-17-18-19-20-21-22-23-24-25-26-27-28-29-30-31-32-34-36-38-40-45(54)44(43-59-51-50(58)49(57)48(56)46(42-53)60-51)52-47(55)41-39-37-35-33-14-12-10-8-6-4-2/h38,40,44-46,48-51,53-54,56-58H,3-37,39,41-43H2,1-2H3,(H,52,55)/b40-38+. The lowest BCUT2D eigenvalue weighted by molar-refractivity contribution is -0.302. The fourth-order valence-electron chi connectivity index (χ4n) is 8.45. The largest absolute Gasteiger partial charge is 0.394 e. The molecule has 60 heavy (non-hydrogen) atoms. The number of aliphatic hydroxyl groups excluding tert-OH is 5. The third-order valence-corrected chi connectivity index (χ3v) is 12.6. The Balaban J connectivity index is 2.18. The molecule has 356 valence electrons. The van der Waals surface area contributed by atoms with Gasteiger partial charge in [0.25, 0.3) is 0 Å². The molecule has 0 spiro atoms. The van der Waals surface area contributed by atoms with E-state index in [2.05, 4.69) is 19.2 Å². The predicted molar refractivity (Wildman–Crippen MR) is 249 cm³/mol. The molecule has 0 aromatic carbocycles. The molecule has 1 heterocycles. The Bertz CT molecular complexity index is 950. The number of carbonyl (C=O) groups excluding carboxylic acids is 1. The first kappa shape index (κ1) is 56.9. The number of aliphatic hydroxyl groups is 5. The van der Waals surface area contributed by atoms with E-state index in [1.54, 1.807) is 6.08 Å². The zero-order chi connectivity index (χ0) is 43.7. The second-order valence-electron chi connectivity index (χ2n) is 18.3. The Morgan fingerprint density at radius 2 is 0.917 bits per heavy atom. The van der Waals surface area contributed by atoms with Gasteiger partial charge in [-0.05, 0) is 19.3 Å². The summed E-state index contributed by atoms with van der Waals surface area (Å²) in [5.74, 6) is -0.176. The lowest BCUT2D eigenvalue weighted by Crippen LogP contribution is -2.60. The van der Waals surface area contributed by atoms with Gasteiger partial charge in [-0.3, -0.25) is 4.79 Å².